The van der Waals surface area contributed by atoms with Crippen LogP contribution in [-0.2, 0) is 0 Å². The van der Waals surface area contributed by atoms with Gasteiger partial charge in [-0.15, -0.1) is 11.3 Å². The number of hydrogen-bond donors (Lipinski definition) is 0. The van der Waals surface area contributed by atoms with E-state index < -0.39 is 0 Å². The predicted octanol–water partition coefficient (Wildman–Crippen LogP) is 3.76. The molecule has 0 saturated heterocycles. The van der Waals surface area contributed by atoms with Gasteiger partial charge in [0.2, 0.25) is 5.13 Å². The lowest BCUT2D eigenvalue weighted by atomic mass is 10.1. The summed E-state index contributed by atoms with van der Waals surface area (Å²) in [7, 11) is 0. The number of aromatic nitrogens is 3. The van der Waals surface area contributed by atoms with Crippen molar-refractivity contribution in [3.8, 4) is 16.3 Å². The quantitative estimate of drug-likeness (QED) is 0.722. The van der Waals surface area contributed by atoms with Crippen molar-refractivity contribution >= 4 is 27.3 Å². The molecule has 2 heterocycles. The highest BCUT2D eigenvalue weighted by Gasteiger charge is 2.04. The van der Waals surface area contributed by atoms with E-state index in [-0.39, 0.29) is 0 Å². The third kappa shape index (κ3) is 2.16. The number of benzene rings is 1. The molecule has 84 valence electrons. The van der Waals surface area contributed by atoms with E-state index in [2.05, 4.69) is 38.1 Å². The molecule has 2 aromatic heterocycles. The lowest BCUT2D eigenvalue weighted by molar-refractivity contribution is 0.870. The van der Waals surface area contributed by atoms with Crippen molar-refractivity contribution in [2.24, 2.45) is 0 Å². The summed E-state index contributed by atoms with van der Waals surface area (Å²) < 4.78 is 2.86. The molecule has 3 nitrogen and oxygen atoms in total. The third-order valence-electron chi connectivity index (χ3n) is 2.36. The standard InChI is InChI=1S/C12H8BrN3S/c13-11-3-1-2-9(6-11)10-7-15-16(8-10)12-14-4-5-17-12/h1-8H. The molecule has 0 bridgehead atoms. The Kier molecular flexibility index (Phi) is 2.78. The zero-order valence-electron chi connectivity index (χ0n) is 8.75. The second kappa shape index (κ2) is 4.43. The normalized spacial score (nSPS) is 10.6. The molecule has 0 unspecified atom stereocenters. The maximum absolute atomic E-state index is 4.31. The Morgan fingerprint density at radius 2 is 2.18 bits per heavy atom. The van der Waals surface area contributed by atoms with Crippen molar-refractivity contribution in [1.29, 1.82) is 0 Å². The minimum atomic E-state index is 0.881. The highest BCUT2D eigenvalue weighted by molar-refractivity contribution is 9.10. The van der Waals surface area contributed by atoms with Crippen molar-refractivity contribution in [3.63, 3.8) is 0 Å². The number of hydrogen-bond acceptors (Lipinski definition) is 3. The fourth-order valence-corrected chi connectivity index (χ4v) is 2.55. The van der Waals surface area contributed by atoms with Crippen LogP contribution >= 0.6 is 27.3 Å². The minimum absolute atomic E-state index is 0.881. The van der Waals surface area contributed by atoms with Crippen molar-refractivity contribution in [2.45, 2.75) is 0 Å². The van der Waals surface area contributed by atoms with Gasteiger partial charge in [0.15, 0.2) is 0 Å². The molecule has 0 aliphatic heterocycles. The summed E-state index contributed by atoms with van der Waals surface area (Å²) in [5.74, 6) is 0. The van der Waals surface area contributed by atoms with E-state index in [1.807, 2.05) is 29.9 Å². The van der Waals surface area contributed by atoms with Crippen LogP contribution in [0, 0.1) is 0 Å². The van der Waals surface area contributed by atoms with Gasteiger partial charge in [0, 0.05) is 27.8 Å². The van der Waals surface area contributed by atoms with Gasteiger partial charge >= 0.3 is 0 Å². The van der Waals surface area contributed by atoms with Gasteiger partial charge in [-0.1, -0.05) is 28.1 Å². The average molecular weight is 306 g/mol. The van der Waals surface area contributed by atoms with Gasteiger partial charge < -0.3 is 0 Å². The predicted molar refractivity (Wildman–Crippen MR) is 72.4 cm³/mol. The summed E-state index contributed by atoms with van der Waals surface area (Å²) in [4.78, 5) is 4.22. The molecule has 17 heavy (non-hydrogen) atoms. The van der Waals surface area contributed by atoms with Crippen LogP contribution < -0.4 is 0 Å². The molecular weight excluding hydrogens is 298 g/mol. The summed E-state index contributed by atoms with van der Waals surface area (Å²) in [6.45, 7) is 0. The number of rotatable bonds is 2. The Balaban J connectivity index is 2.01. The topological polar surface area (TPSA) is 30.7 Å². The smallest absolute Gasteiger partial charge is 0.210 e. The van der Waals surface area contributed by atoms with Crippen LogP contribution in [0.25, 0.3) is 16.3 Å². The first-order valence-corrected chi connectivity index (χ1v) is 6.71. The van der Waals surface area contributed by atoms with Gasteiger partial charge in [-0.2, -0.15) is 5.10 Å². The van der Waals surface area contributed by atoms with Crippen LogP contribution in [0.15, 0.2) is 52.7 Å². The second-order valence-electron chi connectivity index (χ2n) is 3.50. The number of nitrogens with zero attached hydrogens (tertiary/aromatic N) is 3. The largest absolute Gasteiger partial charge is 0.227 e. The van der Waals surface area contributed by atoms with Crippen LogP contribution in [0.1, 0.15) is 0 Å². The highest BCUT2D eigenvalue weighted by atomic mass is 79.9. The van der Waals surface area contributed by atoms with E-state index >= 15 is 0 Å². The van der Waals surface area contributed by atoms with E-state index in [1.54, 1.807) is 22.2 Å². The Hall–Kier alpha value is -1.46. The van der Waals surface area contributed by atoms with Crippen molar-refractivity contribution < 1.29 is 0 Å². The van der Waals surface area contributed by atoms with Gasteiger partial charge in [0.05, 0.1) is 6.20 Å². The monoisotopic (exact) mass is 305 g/mol. The van der Waals surface area contributed by atoms with Gasteiger partial charge in [-0.05, 0) is 17.7 Å². The zero-order valence-corrected chi connectivity index (χ0v) is 11.1. The fraction of sp³-hybridized carbons (Fsp3) is 0. The number of thiazole rings is 1. The summed E-state index contributed by atoms with van der Waals surface area (Å²) in [6.07, 6.45) is 5.62. The molecule has 1 aromatic carbocycles. The van der Waals surface area contributed by atoms with Crippen molar-refractivity contribution in [1.82, 2.24) is 14.8 Å². The van der Waals surface area contributed by atoms with Crippen LogP contribution in [0.3, 0.4) is 0 Å². The molecule has 3 rings (SSSR count). The zero-order chi connectivity index (χ0) is 11.7. The lowest BCUT2D eigenvalue weighted by Gasteiger charge is -1.97. The van der Waals surface area contributed by atoms with Gasteiger partial charge in [0.25, 0.3) is 0 Å². The summed E-state index contributed by atoms with van der Waals surface area (Å²) in [6, 6.07) is 8.16. The number of halogens is 1. The summed E-state index contributed by atoms with van der Waals surface area (Å²) >= 11 is 5.04. The molecule has 0 spiro atoms. The summed E-state index contributed by atoms with van der Waals surface area (Å²) in [5, 5.41) is 7.14. The first-order chi connectivity index (χ1) is 8.33. The average Bonchev–Trinajstić information content (AvgIpc) is 3.00. The fourth-order valence-electron chi connectivity index (χ4n) is 1.57. The Morgan fingerprint density at radius 1 is 1.24 bits per heavy atom. The molecule has 0 atom stereocenters. The molecule has 0 fully saturated rings. The SMILES string of the molecule is Brc1cccc(-c2cnn(-c3nccs3)c2)c1. The first kappa shape index (κ1) is 10.7. The third-order valence-corrected chi connectivity index (χ3v) is 3.61. The highest BCUT2D eigenvalue weighted by Crippen LogP contribution is 2.23. The minimum Gasteiger partial charge on any atom is -0.227 e. The van der Waals surface area contributed by atoms with E-state index in [0.29, 0.717) is 0 Å². The molecule has 0 aliphatic rings. The van der Waals surface area contributed by atoms with Crippen LogP contribution in [0.2, 0.25) is 0 Å². The second-order valence-corrected chi connectivity index (χ2v) is 5.29. The Labute approximate surface area is 111 Å². The van der Waals surface area contributed by atoms with Crippen molar-refractivity contribution in [3.05, 3.63) is 52.7 Å². The van der Waals surface area contributed by atoms with E-state index in [1.165, 1.54) is 0 Å². The molecule has 0 amide bonds. The Morgan fingerprint density at radius 3 is 2.94 bits per heavy atom. The summed E-state index contributed by atoms with van der Waals surface area (Å²) in [5.41, 5.74) is 2.23. The van der Waals surface area contributed by atoms with Gasteiger partial charge in [-0.3, -0.25) is 0 Å². The van der Waals surface area contributed by atoms with Gasteiger partial charge in [-0.25, -0.2) is 9.67 Å². The molecule has 0 radical (unpaired) electrons. The Bertz CT molecular complexity index is 631. The van der Waals surface area contributed by atoms with Crippen LogP contribution in [0.4, 0.5) is 0 Å². The molecule has 0 aliphatic carbocycles. The van der Waals surface area contributed by atoms with E-state index in [9.17, 15) is 0 Å². The van der Waals surface area contributed by atoms with E-state index in [0.717, 1.165) is 20.7 Å². The molecule has 0 N–H and O–H groups in total. The maximum atomic E-state index is 4.31. The van der Waals surface area contributed by atoms with Crippen LogP contribution in [0.5, 0.6) is 0 Å². The van der Waals surface area contributed by atoms with Gasteiger partial charge in [0.1, 0.15) is 0 Å². The molecule has 0 saturated carbocycles. The molecule has 3 aromatic rings. The van der Waals surface area contributed by atoms with Crippen LogP contribution in [-0.4, -0.2) is 14.8 Å². The molecule has 5 heteroatoms. The van der Waals surface area contributed by atoms with Crippen molar-refractivity contribution in [2.75, 3.05) is 0 Å². The maximum Gasteiger partial charge on any atom is 0.210 e. The van der Waals surface area contributed by atoms with E-state index in [4.69, 9.17) is 0 Å². The first-order valence-electron chi connectivity index (χ1n) is 5.03. The molecular formula is C12H8BrN3S. The lowest BCUT2D eigenvalue weighted by Crippen LogP contribution is -1.91.